The van der Waals surface area contributed by atoms with Gasteiger partial charge in [-0.15, -0.1) is 0 Å². The maximum absolute atomic E-state index is 12.7. The van der Waals surface area contributed by atoms with E-state index in [2.05, 4.69) is 15.0 Å². The van der Waals surface area contributed by atoms with Crippen molar-refractivity contribution in [2.24, 2.45) is 0 Å². The molecule has 0 radical (unpaired) electrons. The number of aromatic nitrogens is 2. The Balaban J connectivity index is 1.65. The molecule has 23 heavy (non-hydrogen) atoms. The largest absolute Gasteiger partial charge is 0.384 e. The zero-order chi connectivity index (χ0) is 16.1. The van der Waals surface area contributed by atoms with Gasteiger partial charge in [-0.05, 0) is 45.2 Å². The van der Waals surface area contributed by atoms with Gasteiger partial charge in [-0.2, -0.15) is 4.98 Å². The van der Waals surface area contributed by atoms with Gasteiger partial charge in [-0.1, -0.05) is 5.16 Å². The highest BCUT2D eigenvalue weighted by molar-refractivity contribution is 5.78. The summed E-state index contributed by atoms with van der Waals surface area (Å²) in [6.45, 7) is 3.94. The summed E-state index contributed by atoms with van der Waals surface area (Å²) in [6, 6.07) is -0.0670. The molecule has 3 rings (SSSR count). The first-order valence-electron chi connectivity index (χ1n) is 8.61. The van der Waals surface area contributed by atoms with Crippen molar-refractivity contribution in [2.45, 2.75) is 44.6 Å². The summed E-state index contributed by atoms with van der Waals surface area (Å²) < 4.78 is 10.5. The molecule has 7 heteroatoms. The molecule has 7 nitrogen and oxygen atoms in total. The summed E-state index contributed by atoms with van der Waals surface area (Å²) in [5.74, 6) is 1.41. The molecule has 1 amide bonds. The molecule has 3 heterocycles. The van der Waals surface area contributed by atoms with Crippen molar-refractivity contribution in [3.05, 3.63) is 11.7 Å². The first-order chi connectivity index (χ1) is 11.3. The number of piperidine rings is 1. The summed E-state index contributed by atoms with van der Waals surface area (Å²) in [6.07, 6.45) is 6.07. The van der Waals surface area contributed by atoms with Crippen molar-refractivity contribution in [2.75, 3.05) is 39.9 Å². The molecule has 128 valence electrons. The lowest BCUT2D eigenvalue weighted by molar-refractivity contribution is -0.136. The van der Waals surface area contributed by atoms with Crippen LogP contribution in [0.2, 0.25) is 0 Å². The molecular formula is C16H26N4O3. The maximum Gasteiger partial charge on any atom is 0.249 e. The Labute approximate surface area is 137 Å². The van der Waals surface area contributed by atoms with E-state index in [4.69, 9.17) is 9.26 Å². The average Bonchev–Trinajstić information content (AvgIpc) is 3.24. The van der Waals surface area contributed by atoms with Crippen LogP contribution in [0.3, 0.4) is 0 Å². The molecule has 1 atom stereocenters. The molecule has 2 aliphatic heterocycles. The van der Waals surface area contributed by atoms with E-state index in [-0.39, 0.29) is 11.9 Å². The summed E-state index contributed by atoms with van der Waals surface area (Å²) in [5, 5.41) is 4.01. The Morgan fingerprint density at radius 2 is 2.04 bits per heavy atom. The van der Waals surface area contributed by atoms with Crippen LogP contribution in [-0.4, -0.2) is 65.7 Å². The molecule has 1 aromatic heterocycles. The smallest absolute Gasteiger partial charge is 0.249 e. The Morgan fingerprint density at radius 1 is 1.26 bits per heavy atom. The van der Waals surface area contributed by atoms with E-state index >= 15 is 0 Å². The number of hydrogen-bond donors (Lipinski definition) is 0. The summed E-state index contributed by atoms with van der Waals surface area (Å²) >= 11 is 0. The van der Waals surface area contributed by atoms with Gasteiger partial charge in [0.15, 0.2) is 5.82 Å². The Bertz CT molecular complexity index is 513. The predicted molar refractivity (Wildman–Crippen MR) is 83.9 cm³/mol. The van der Waals surface area contributed by atoms with Crippen LogP contribution in [0, 0.1) is 0 Å². The van der Waals surface area contributed by atoms with Crippen molar-refractivity contribution < 1.29 is 14.1 Å². The molecule has 0 unspecified atom stereocenters. The average molecular weight is 322 g/mol. The van der Waals surface area contributed by atoms with Crippen LogP contribution in [0.25, 0.3) is 0 Å². The summed E-state index contributed by atoms with van der Waals surface area (Å²) in [4.78, 5) is 21.3. The molecule has 0 aliphatic carbocycles. The third-order valence-corrected chi connectivity index (χ3v) is 4.68. The number of rotatable bonds is 6. The van der Waals surface area contributed by atoms with Gasteiger partial charge < -0.3 is 14.2 Å². The van der Waals surface area contributed by atoms with Crippen LogP contribution in [0.15, 0.2) is 4.52 Å². The van der Waals surface area contributed by atoms with Crippen LogP contribution in [-0.2, 0) is 16.0 Å². The normalized spacial score (nSPS) is 22.7. The molecule has 2 saturated heterocycles. The molecule has 0 bridgehead atoms. The third-order valence-electron chi connectivity index (χ3n) is 4.68. The second-order valence-corrected chi connectivity index (χ2v) is 6.37. The van der Waals surface area contributed by atoms with Gasteiger partial charge in [0.2, 0.25) is 11.8 Å². The number of carbonyl (C=O) groups excluding carboxylic acids is 1. The minimum atomic E-state index is -0.0670. The summed E-state index contributed by atoms with van der Waals surface area (Å²) in [5.41, 5.74) is 0. The van der Waals surface area contributed by atoms with Gasteiger partial charge in [0.05, 0.1) is 13.2 Å². The zero-order valence-electron chi connectivity index (χ0n) is 13.9. The number of carbonyl (C=O) groups is 1. The number of likely N-dealkylation sites (tertiary alicyclic amines) is 2. The van der Waals surface area contributed by atoms with E-state index in [1.165, 1.54) is 12.8 Å². The fourth-order valence-electron chi connectivity index (χ4n) is 3.41. The second-order valence-electron chi connectivity index (χ2n) is 6.37. The number of hydrogen-bond acceptors (Lipinski definition) is 6. The van der Waals surface area contributed by atoms with Gasteiger partial charge in [-0.25, -0.2) is 0 Å². The van der Waals surface area contributed by atoms with Crippen LogP contribution in [0.1, 0.15) is 49.9 Å². The van der Waals surface area contributed by atoms with E-state index in [9.17, 15) is 4.79 Å². The van der Waals surface area contributed by atoms with Gasteiger partial charge in [0, 0.05) is 20.1 Å². The molecule has 0 saturated carbocycles. The quantitative estimate of drug-likeness (QED) is 0.788. The highest BCUT2D eigenvalue weighted by Gasteiger charge is 2.32. The van der Waals surface area contributed by atoms with E-state index in [1.807, 2.05) is 4.90 Å². The van der Waals surface area contributed by atoms with Gasteiger partial charge in [-0.3, -0.25) is 9.69 Å². The van der Waals surface area contributed by atoms with Crippen molar-refractivity contribution in [1.82, 2.24) is 19.9 Å². The lowest BCUT2D eigenvalue weighted by Crippen LogP contribution is -2.43. The molecule has 2 fully saturated rings. The summed E-state index contributed by atoms with van der Waals surface area (Å²) in [7, 11) is 1.65. The minimum Gasteiger partial charge on any atom is -0.384 e. The molecular weight excluding hydrogens is 296 g/mol. The Kier molecular flexibility index (Phi) is 5.61. The highest BCUT2D eigenvalue weighted by Crippen LogP contribution is 2.30. The lowest BCUT2D eigenvalue weighted by atomic mass is 10.0. The topological polar surface area (TPSA) is 71.7 Å². The third kappa shape index (κ3) is 4.09. The molecule has 0 spiro atoms. The monoisotopic (exact) mass is 322 g/mol. The predicted octanol–water partition coefficient (Wildman–Crippen LogP) is 1.41. The van der Waals surface area contributed by atoms with E-state index in [0.29, 0.717) is 31.3 Å². The molecule has 0 N–H and O–H groups in total. The Hall–Kier alpha value is -1.47. The second kappa shape index (κ2) is 7.88. The fraction of sp³-hybridized carbons (Fsp3) is 0.812. The van der Waals surface area contributed by atoms with Gasteiger partial charge in [0.1, 0.15) is 6.04 Å². The van der Waals surface area contributed by atoms with Crippen molar-refractivity contribution >= 4 is 5.91 Å². The molecule has 2 aliphatic rings. The van der Waals surface area contributed by atoms with Crippen LogP contribution < -0.4 is 0 Å². The fourth-order valence-corrected chi connectivity index (χ4v) is 3.41. The van der Waals surface area contributed by atoms with Crippen LogP contribution >= 0.6 is 0 Å². The van der Waals surface area contributed by atoms with E-state index in [0.717, 1.165) is 38.9 Å². The number of methoxy groups -OCH3 is 1. The maximum atomic E-state index is 12.7. The van der Waals surface area contributed by atoms with Gasteiger partial charge in [0.25, 0.3) is 0 Å². The van der Waals surface area contributed by atoms with Gasteiger partial charge >= 0.3 is 0 Å². The molecule has 0 aromatic carbocycles. The molecule has 1 aromatic rings. The van der Waals surface area contributed by atoms with Crippen molar-refractivity contribution in [3.8, 4) is 0 Å². The van der Waals surface area contributed by atoms with E-state index < -0.39 is 0 Å². The Morgan fingerprint density at radius 3 is 2.83 bits per heavy atom. The van der Waals surface area contributed by atoms with Crippen LogP contribution in [0.4, 0.5) is 0 Å². The van der Waals surface area contributed by atoms with Crippen LogP contribution in [0.5, 0.6) is 0 Å². The van der Waals surface area contributed by atoms with E-state index in [1.54, 1.807) is 7.11 Å². The first kappa shape index (κ1) is 16.4. The van der Waals surface area contributed by atoms with Crippen molar-refractivity contribution in [1.29, 1.82) is 0 Å². The minimum absolute atomic E-state index is 0.0670. The number of nitrogens with zero attached hydrogens (tertiary/aromatic N) is 4. The zero-order valence-corrected chi connectivity index (χ0v) is 13.9. The SMILES string of the molecule is COCCc1noc([C@@H]2CCCCN2C(=O)CN2CCCC2)n1. The number of amides is 1. The first-order valence-corrected chi connectivity index (χ1v) is 8.61. The van der Waals surface area contributed by atoms with Crippen molar-refractivity contribution in [3.63, 3.8) is 0 Å². The number of ether oxygens (including phenoxy) is 1. The standard InChI is InChI=1S/C16H26N4O3/c1-22-11-7-14-17-16(23-18-14)13-6-2-3-10-20(13)15(21)12-19-8-4-5-9-19/h13H,2-12H2,1H3/t13-/m0/s1. The lowest BCUT2D eigenvalue weighted by Gasteiger charge is -2.34. The highest BCUT2D eigenvalue weighted by atomic mass is 16.5.